The Morgan fingerprint density at radius 1 is 1.05 bits per heavy atom. The van der Waals surface area contributed by atoms with Gasteiger partial charge in [0.05, 0.1) is 5.69 Å². The number of alkyl halides is 3. The maximum absolute atomic E-state index is 12.0. The molecule has 2 N–H and O–H groups in total. The van der Waals surface area contributed by atoms with E-state index in [1.165, 1.54) is 16.9 Å². The van der Waals surface area contributed by atoms with E-state index >= 15 is 0 Å². The maximum Gasteiger partial charge on any atom is 0.402 e. The summed E-state index contributed by atoms with van der Waals surface area (Å²) in [4.78, 5) is 0. The lowest BCUT2D eigenvalue weighted by Gasteiger charge is -2.11. The van der Waals surface area contributed by atoms with E-state index in [2.05, 4.69) is 15.9 Å². The molecule has 0 aliphatic heterocycles. The molecule has 2 rings (SSSR count). The molecular weight excluding hydrogens is 373 g/mol. The monoisotopic (exact) mass is 382 g/mol. The van der Waals surface area contributed by atoms with Gasteiger partial charge in [-0.15, -0.1) is 0 Å². The van der Waals surface area contributed by atoms with Gasteiger partial charge in [0.25, 0.3) is 10.2 Å². The normalized spacial score (nSPS) is 12.6. The molecule has 0 unspecified atom stereocenters. The van der Waals surface area contributed by atoms with Crippen molar-refractivity contribution in [3.8, 4) is 0 Å². The SMILES string of the molecule is O=S(=O)(NCC(F)(F)F)Nc1ccc2cc(Br)ccc2c1. The van der Waals surface area contributed by atoms with E-state index in [9.17, 15) is 21.6 Å². The van der Waals surface area contributed by atoms with Crippen molar-refractivity contribution in [2.45, 2.75) is 6.18 Å². The van der Waals surface area contributed by atoms with Crippen molar-refractivity contribution < 1.29 is 21.6 Å². The van der Waals surface area contributed by atoms with Crippen LogP contribution in [0.25, 0.3) is 10.8 Å². The molecule has 21 heavy (non-hydrogen) atoms. The molecule has 0 heterocycles. The molecule has 0 amide bonds. The van der Waals surface area contributed by atoms with E-state index < -0.39 is 22.9 Å². The van der Waals surface area contributed by atoms with Gasteiger partial charge in [0, 0.05) is 4.47 Å². The van der Waals surface area contributed by atoms with Crippen LogP contribution in [0.5, 0.6) is 0 Å². The highest BCUT2D eigenvalue weighted by molar-refractivity contribution is 9.10. The third-order valence-corrected chi connectivity index (χ3v) is 4.04. The van der Waals surface area contributed by atoms with E-state index in [1.54, 1.807) is 18.2 Å². The lowest BCUT2D eigenvalue weighted by atomic mass is 10.1. The highest BCUT2D eigenvalue weighted by atomic mass is 79.9. The molecule has 0 atom stereocenters. The van der Waals surface area contributed by atoms with E-state index in [0.29, 0.717) is 0 Å². The number of anilines is 1. The number of rotatable bonds is 4. The summed E-state index contributed by atoms with van der Waals surface area (Å²) in [5, 5.41) is 1.63. The largest absolute Gasteiger partial charge is 0.402 e. The molecule has 9 heteroatoms. The molecular formula is C12H10BrF3N2O2S. The van der Waals surface area contributed by atoms with Gasteiger partial charge in [0.1, 0.15) is 6.54 Å². The third kappa shape index (κ3) is 4.87. The zero-order valence-electron chi connectivity index (χ0n) is 10.4. The van der Waals surface area contributed by atoms with Crippen LogP contribution in [-0.4, -0.2) is 21.1 Å². The first-order valence-corrected chi connectivity index (χ1v) is 7.96. The van der Waals surface area contributed by atoms with Crippen molar-refractivity contribution in [3.63, 3.8) is 0 Å². The highest BCUT2D eigenvalue weighted by Gasteiger charge is 2.29. The topological polar surface area (TPSA) is 58.2 Å². The van der Waals surface area contributed by atoms with E-state index in [4.69, 9.17) is 0 Å². The molecule has 0 fully saturated rings. The average molecular weight is 383 g/mol. The molecule has 0 aliphatic carbocycles. The number of benzene rings is 2. The molecule has 0 aliphatic rings. The number of hydrogen-bond donors (Lipinski definition) is 2. The summed E-state index contributed by atoms with van der Waals surface area (Å²) in [5.41, 5.74) is 0.180. The van der Waals surface area contributed by atoms with Gasteiger partial charge in [0.2, 0.25) is 0 Å². The summed E-state index contributed by atoms with van der Waals surface area (Å²) in [6.07, 6.45) is -4.61. The molecule has 0 bridgehead atoms. The minimum Gasteiger partial charge on any atom is -0.271 e. The van der Waals surface area contributed by atoms with Crippen molar-refractivity contribution in [2.75, 3.05) is 11.3 Å². The van der Waals surface area contributed by atoms with Crippen LogP contribution in [-0.2, 0) is 10.2 Å². The first-order chi connectivity index (χ1) is 9.65. The lowest BCUT2D eigenvalue weighted by molar-refractivity contribution is -0.121. The summed E-state index contributed by atoms with van der Waals surface area (Å²) < 4.78 is 63.4. The van der Waals surface area contributed by atoms with Crippen LogP contribution in [0, 0.1) is 0 Å². The number of fused-ring (bicyclic) bond motifs is 1. The van der Waals surface area contributed by atoms with Crippen molar-refractivity contribution in [3.05, 3.63) is 40.9 Å². The second kappa shape index (κ2) is 5.82. The standard InChI is InChI=1S/C12H10BrF3N2O2S/c13-10-3-1-9-6-11(4-2-8(9)5-10)18-21(19,20)17-7-12(14,15)16/h1-6,17-18H,7H2. The molecule has 2 aromatic carbocycles. The van der Waals surface area contributed by atoms with Gasteiger partial charge in [-0.2, -0.15) is 26.3 Å². The Hall–Kier alpha value is -1.32. The average Bonchev–Trinajstić information content (AvgIpc) is 2.36. The summed E-state index contributed by atoms with van der Waals surface area (Å²) in [5.74, 6) is 0. The van der Waals surface area contributed by atoms with Crippen molar-refractivity contribution in [1.29, 1.82) is 0 Å². The first kappa shape index (κ1) is 16.1. The minimum absolute atomic E-state index is 0.180. The predicted molar refractivity (Wildman–Crippen MR) is 78.2 cm³/mol. The van der Waals surface area contributed by atoms with Gasteiger partial charge in [-0.1, -0.05) is 28.1 Å². The molecule has 0 saturated heterocycles. The van der Waals surface area contributed by atoms with Crippen LogP contribution in [0.3, 0.4) is 0 Å². The Bertz CT molecular complexity index is 763. The minimum atomic E-state index is -4.61. The molecule has 0 saturated carbocycles. The van der Waals surface area contributed by atoms with E-state index in [-0.39, 0.29) is 5.69 Å². The smallest absolute Gasteiger partial charge is 0.271 e. The van der Waals surface area contributed by atoms with Crippen LogP contribution >= 0.6 is 15.9 Å². The summed E-state index contributed by atoms with van der Waals surface area (Å²) in [7, 11) is -4.27. The number of hydrogen-bond acceptors (Lipinski definition) is 2. The molecule has 4 nitrogen and oxygen atoms in total. The second-order valence-electron chi connectivity index (χ2n) is 4.25. The third-order valence-electron chi connectivity index (χ3n) is 2.52. The summed E-state index contributed by atoms with van der Waals surface area (Å²) >= 11 is 3.31. The van der Waals surface area contributed by atoms with E-state index in [0.717, 1.165) is 15.2 Å². The van der Waals surface area contributed by atoms with Gasteiger partial charge >= 0.3 is 6.18 Å². The van der Waals surface area contributed by atoms with Gasteiger partial charge in [-0.3, -0.25) is 4.72 Å². The maximum atomic E-state index is 12.0. The molecule has 2 aromatic rings. The van der Waals surface area contributed by atoms with Gasteiger partial charge in [0.15, 0.2) is 0 Å². The fourth-order valence-electron chi connectivity index (χ4n) is 1.65. The molecule has 114 valence electrons. The molecule has 0 radical (unpaired) electrons. The van der Waals surface area contributed by atoms with Gasteiger partial charge < -0.3 is 0 Å². The quantitative estimate of drug-likeness (QED) is 0.850. The Kier molecular flexibility index (Phi) is 4.45. The van der Waals surface area contributed by atoms with Crippen molar-refractivity contribution >= 4 is 42.6 Å². The zero-order chi connectivity index (χ0) is 15.7. The van der Waals surface area contributed by atoms with Crippen LogP contribution < -0.4 is 9.44 Å². The van der Waals surface area contributed by atoms with Crippen molar-refractivity contribution in [2.24, 2.45) is 0 Å². The van der Waals surface area contributed by atoms with Crippen molar-refractivity contribution in [1.82, 2.24) is 4.72 Å². The van der Waals surface area contributed by atoms with Crippen LogP contribution in [0.2, 0.25) is 0 Å². The summed E-state index contributed by atoms with van der Waals surface area (Å²) in [6, 6.07) is 10.1. The van der Waals surface area contributed by atoms with Crippen LogP contribution in [0.15, 0.2) is 40.9 Å². The Balaban J connectivity index is 2.17. The Morgan fingerprint density at radius 2 is 1.67 bits per heavy atom. The predicted octanol–water partition coefficient (Wildman–Crippen LogP) is 3.41. The molecule has 0 aromatic heterocycles. The fraction of sp³-hybridized carbons (Fsp3) is 0.167. The van der Waals surface area contributed by atoms with Crippen LogP contribution in [0.1, 0.15) is 0 Å². The van der Waals surface area contributed by atoms with Crippen LogP contribution in [0.4, 0.5) is 18.9 Å². The summed E-state index contributed by atoms with van der Waals surface area (Å²) in [6.45, 7) is -1.62. The number of halogens is 4. The lowest BCUT2D eigenvalue weighted by Crippen LogP contribution is -2.37. The van der Waals surface area contributed by atoms with Gasteiger partial charge in [-0.05, 0) is 35.0 Å². The van der Waals surface area contributed by atoms with E-state index in [1.807, 2.05) is 10.8 Å². The number of nitrogens with one attached hydrogen (secondary N) is 2. The Labute approximate surface area is 127 Å². The second-order valence-corrected chi connectivity index (χ2v) is 6.66. The highest BCUT2D eigenvalue weighted by Crippen LogP contribution is 2.23. The Morgan fingerprint density at radius 3 is 2.33 bits per heavy atom. The fourth-order valence-corrected chi connectivity index (χ4v) is 2.89. The molecule has 0 spiro atoms. The van der Waals surface area contributed by atoms with Gasteiger partial charge in [-0.25, -0.2) is 0 Å². The zero-order valence-corrected chi connectivity index (χ0v) is 12.8. The first-order valence-electron chi connectivity index (χ1n) is 5.68.